The van der Waals surface area contributed by atoms with Crippen molar-refractivity contribution in [3.8, 4) is 5.75 Å². The molecule has 5 nitrogen and oxygen atoms in total. The van der Waals surface area contributed by atoms with Gasteiger partial charge in [-0.2, -0.15) is 8.42 Å². The number of hydrogen-bond acceptors (Lipinski definition) is 5. The van der Waals surface area contributed by atoms with Gasteiger partial charge in [-0.3, -0.25) is 0 Å². The summed E-state index contributed by atoms with van der Waals surface area (Å²) in [5.74, 6) is 0.0893. The van der Waals surface area contributed by atoms with E-state index in [1.165, 1.54) is 30.3 Å². The zero-order valence-electron chi connectivity index (χ0n) is 12.4. The van der Waals surface area contributed by atoms with E-state index < -0.39 is 15.7 Å². The average molecular weight is 330 g/mol. The predicted molar refractivity (Wildman–Crippen MR) is 86.1 cm³/mol. The molecular formula is C17H14O5S. The topological polar surface area (TPSA) is 73.6 Å². The van der Waals surface area contributed by atoms with Gasteiger partial charge in [-0.15, -0.1) is 0 Å². The van der Waals surface area contributed by atoms with Crippen LogP contribution < -0.4 is 9.81 Å². The van der Waals surface area contributed by atoms with Crippen LogP contribution in [0.5, 0.6) is 5.75 Å². The third-order valence-corrected chi connectivity index (χ3v) is 4.68. The Labute approximate surface area is 133 Å². The molecule has 118 valence electrons. The Bertz CT molecular complexity index is 1000. The maximum Gasteiger partial charge on any atom is 0.339 e. The van der Waals surface area contributed by atoms with E-state index in [2.05, 4.69) is 0 Å². The van der Waals surface area contributed by atoms with Crippen LogP contribution in [0.1, 0.15) is 12.5 Å². The summed E-state index contributed by atoms with van der Waals surface area (Å²) in [6, 6.07) is 13.9. The first kappa shape index (κ1) is 15.3. The lowest BCUT2D eigenvalue weighted by Gasteiger charge is -2.08. The van der Waals surface area contributed by atoms with E-state index in [-0.39, 0.29) is 16.2 Å². The summed E-state index contributed by atoms with van der Waals surface area (Å²) in [5, 5.41) is 0.682. The van der Waals surface area contributed by atoms with Crippen molar-refractivity contribution in [1.82, 2.24) is 0 Å². The Hall–Kier alpha value is -2.60. The van der Waals surface area contributed by atoms with Crippen molar-refractivity contribution >= 4 is 21.1 Å². The van der Waals surface area contributed by atoms with Crippen molar-refractivity contribution < 1.29 is 17.0 Å². The van der Waals surface area contributed by atoms with E-state index in [1.54, 1.807) is 24.3 Å². The fourth-order valence-corrected chi connectivity index (χ4v) is 3.08. The number of hydrogen-bond donors (Lipinski definition) is 0. The fourth-order valence-electron chi connectivity index (χ4n) is 2.16. The number of fused-ring (bicyclic) bond motifs is 1. The molecule has 0 spiro atoms. The van der Waals surface area contributed by atoms with Crippen molar-refractivity contribution in [3.05, 3.63) is 70.6 Å². The normalized spacial score (nSPS) is 11.5. The molecule has 1 heterocycles. The first-order valence-electron chi connectivity index (χ1n) is 7.05. The minimum atomic E-state index is -3.94. The lowest BCUT2D eigenvalue weighted by atomic mass is 10.2. The molecular weight excluding hydrogens is 316 g/mol. The third kappa shape index (κ3) is 3.27. The van der Waals surface area contributed by atoms with Gasteiger partial charge in [0.25, 0.3) is 0 Å². The fraction of sp³-hybridized carbons (Fsp3) is 0.118. The summed E-state index contributed by atoms with van der Waals surface area (Å²) >= 11 is 0. The average Bonchev–Trinajstić information content (AvgIpc) is 2.54. The molecule has 0 unspecified atom stereocenters. The van der Waals surface area contributed by atoms with Crippen LogP contribution in [0.15, 0.2) is 68.7 Å². The summed E-state index contributed by atoms with van der Waals surface area (Å²) < 4.78 is 34.7. The Balaban J connectivity index is 1.94. The van der Waals surface area contributed by atoms with Crippen LogP contribution in [0.4, 0.5) is 0 Å². The minimum Gasteiger partial charge on any atom is -0.423 e. The van der Waals surface area contributed by atoms with Crippen LogP contribution >= 0.6 is 0 Å². The molecule has 1 aromatic heterocycles. The van der Waals surface area contributed by atoms with Crippen LogP contribution in [-0.4, -0.2) is 8.42 Å². The van der Waals surface area contributed by atoms with E-state index in [0.29, 0.717) is 5.39 Å². The maximum atomic E-state index is 12.3. The van der Waals surface area contributed by atoms with Gasteiger partial charge in [0.05, 0.1) is 0 Å². The van der Waals surface area contributed by atoms with E-state index >= 15 is 0 Å². The highest BCUT2D eigenvalue weighted by atomic mass is 32.2. The molecule has 0 fully saturated rings. The van der Waals surface area contributed by atoms with Gasteiger partial charge in [-0.05, 0) is 42.3 Å². The van der Waals surface area contributed by atoms with E-state index in [9.17, 15) is 13.2 Å². The standard InChI is InChI=1S/C17H14O5S/c1-2-12-3-8-15(9-4-12)23(19,20)22-14-7-5-13-6-10-17(18)21-16(13)11-14/h3-11H,2H2,1H3. The largest absolute Gasteiger partial charge is 0.423 e. The van der Waals surface area contributed by atoms with Crippen LogP contribution in [0, 0.1) is 0 Å². The lowest BCUT2D eigenvalue weighted by Crippen LogP contribution is -2.09. The molecule has 3 rings (SSSR count). The molecule has 0 aliphatic heterocycles. The summed E-state index contributed by atoms with van der Waals surface area (Å²) in [6.07, 6.45) is 0.824. The molecule has 0 saturated heterocycles. The second kappa shape index (κ2) is 5.89. The van der Waals surface area contributed by atoms with Crippen LogP contribution in [0.25, 0.3) is 11.0 Å². The molecule has 0 aliphatic rings. The third-order valence-electron chi connectivity index (χ3n) is 3.42. The highest BCUT2D eigenvalue weighted by Gasteiger charge is 2.17. The predicted octanol–water partition coefficient (Wildman–Crippen LogP) is 3.12. The molecule has 6 heteroatoms. The zero-order chi connectivity index (χ0) is 16.4. The van der Waals surface area contributed by atoms with Crippen molar-refractivity contribution in [2.45, 2.75) is 18.2 Å². The summed E-state index contributed by atoms with van der Waals surface area (Å²) in [7, 11) is -3.94. The first-order valence-corrected chi connectivity index (χ1v) is 8.46. The molecule has 0 saturated carbocycles. The lowest BCUT2D eigenvalue weighted by molar-refractivity contribution is 0.485. The molecule has 0 atom stereocenters. The Kier molecular flexibility index (Phi) is 3.92. The SMILES string of the molecule is CCc1ccc(S(=O)(=O)Oc2ccc3ccc(=O)oc3c2)cc1. The van der Waals surface area contributed by atoms with E-state index in [0.717, 1.165) is 12.0 Å². The Morgan fingerprint density at radius 3 is 2.39 bits per heavy atom. The molecule has 0 aliphatic carbocycles. The minimum absolute atomic E-state index is 0.0734. The summed E-state index contributed by atoms with van der Waals surface area (Å²) in [6.45, 7) is 1.99. The molecule has 0 radical (unpaired) electrons. The van der Waals surface area contributed by atoms with Crippen LogP contribution in [0.3, 0.4) is 0 Å². The number of aryl methyl sites for hydroxylation is 1. The number of benzene rings is 2. The molecule has 2 aromatic carbocycles. The zero-order valence-corrected chi connectivity index (χ0v) is 13.2. The van der Waals surface area contributed by atoms with Crippen molar-refractivity contribution in [2.24, 2.45) is 0 Å². The van der Waals surface area contributed by atoms with E-state index in [1.807, 2.05) is 6.92 Å². The second-order valence-electron chi connectivity index (χ2n) is 4.99. The highest BCUT2D eigenvalue weighted by Crippen LogP contribution is 2.23. The quantitative estimate of drug-likeness (QED) is 0.543. The van der Waals surface area contributed by atoms with Gasteiger partial charge >= 0.3 is 15.7 Å². The molecule has 0 N–H and O–H groups in total. The molecule has 23 heavy (non-hydrogen) atoms. The smallest absolute Gasteiger partial charge is 0.339 e. The first-order chi connectivity index (χ1) is 11.0. The van der Waals surface area contributed by atoms with Gasteiger partial charge in [0.2, 0.25) is 0 Å². The van der Waals surface area contributed by atoms with Gasteiger partial charge in [0.15, 0.2) is 0 Å². The Morgan fingerprint density at radius 2 is 1.70 bits per heavy atom. The molecule has 3 aromatic rings. The summed E-state index contributed by atoms with van der Waals surface area (Å²) in [5.41, 5.74) is 0.802. The van der Waals surface area contributed by atoms with Crippen molar-refractivity contribution in [2.75, 3.05) is 0 Å². The maximum absolute atomic E-state index is 12.3. The number of rotatable bonds is 4. The van der Waals surface area contributed by atoms with Crippen molar-refractivity contribution in [1.29, 1.82) is 0 Å². The van der Waals surface area contributed by atoms with Crippen LogP contribution in [0.2, 0.25) is 0 Å². The van der Waals surface area contributed by atoms with Gasteiger partial charge in [0, 0.05) is 17.5 Å². The molecule has 0 bridgehead atoms. The molecule has 0 amide bonds. The second-order valence-corrected chi connectivity index (χ2v) is 6.54. The monoisotopic (exact) mass is 330 g/mol. The Morgan fingerprint density at radius 1 is 1.00 bits per heavy atom. The van der Waals surface area contributed by atoms with E-state index in [4.69, 9.17) is 8.60 Å². The van der Waals surface area contributed by atoms with Gasteiger partial charge in [-0.1, -0.05) is 19.1 Å². The highest BCUT2D eigenvalue weighted by molar-refractivity contribution is 7.87. The van der Waals surface area contributed by atoms with Gasteiger partial charge in [-0.25, -0.2) is 4.79 Å². The van der Waals surface area contributed by atoms with Crippen molar-refractivity contribution in [3.63, 3.8) is 0 Å². The summed E-state index contributed by atoms with van der Waals surface area (Å²) in [4.78, 5) is 11.3. The van der Waals surface area contributed by atoms with Crippen LogP contribution in [-0.2, 0) is 16.5 Å². The van der Waals surface area contributed by atoms with Gasteiger partial charge < -0.3 is 8.60 Å². The van der Waals surface area contributed by atoms with Gasteiger partial charge in [0.1, 0.15) is 16.2 Å².